The minimum absolute atomic E-state index is 0. The molecule has 0 aromatic carbocycles. The SMILES string of the molecule is Cc1nc(C)c(C(=O)NC(CN)CC(C)C)o1.Cl. The Balaban J connectivity index is 0.00000289. The van der Waals surface area contributed by atoms with Crippen LogP contribution in [0.15, 0.2) is 4.42 Å². The smallest absolute Gasteiger partial charge is 0.289 e. The van der Waals surface area contributed by atoms with E-state index >= 15 is 0 Å². The van der Waals surface area contributed by atoms with Gasteiger partial charge >= 0.3 is 0 Å². The Bertz CT molecular complexity index is 391. The number of aromatic nitrogens is 1. The highest BCUT2D eigenvalue weighted by molar-refractivity contribution is 5.92. The number of nitrogens with one attached hydrogen (secondary N) is 1. The Labute approximate surface area is 114 Å². The van der Waals surface area contributed by atoms with E-state index in [1.54, 1.807) is 13.8 Å². The molecule has 1 rings (SSSR count). The average molecular weight is 276 g/mol. The minimum atomic E-state index is -0.237. The van der Waals surface area contributed by atoms with Gasteiger partial charge in [0, 0.05) is 19.5 Å². The molecule has 0 aliphatic rings. The van der Waals surface area contributed by atoms with Crippen molar-refractivity contribution >= 4 is 18.3 Å². The maximum Gasteiger partial charge on any atom is 0.289 e. The van der Waals surface area contributed by atoms with Crippen molar-refractivity contribution < 1.29 is 9.21 Å². The van der Waals surface area contributed by atoms with Crippen molar-refractivity contribution in [3.8, 4) is 0 Å². The Morgan fingerprint density at radius 1 is 1.44 bits per heavy atom. The molecular weight excluding hydrogens is 254 g/mol. The minimum Gasteiger partial charge on any atom is -0.436 e. The topological polar surface area (TPSA) is 81.2 Å². The van der Waals surface area contributed by atoms with Crippen molar-refractivity contribution in [1.29, 1.82) is 0 Å². The molecule has 1 atom stereocenters. The molecule has 0 bridgehead atoms. The number of carbonyl (C=O) groups is 1. The lowest BCUT2D eigenvalue weighted by Gasteiger charge is -2.18. The fourth-order valence-corrected chi connectivity index (χ4v) is 1.78. The third-order valence-electron chi connectivity index (χ3n) is 2.49. The quantitative estimate of drug-likeness (QED) is 0.859. The number of aryl methyl sites for hydroxylation is 2. The maximum absolute atomic E-state index is 11.9. The van der Waals surface area contributed by atoms with Crippen LogP contribution in [0.3, 0.4) is 0 Å². The normalized spacial score (nSPS) is 12.1. The van der Waals surface area contributed by atoms with Gasteiger partial charge in [0.2, 0.25) is 5.76 Å². The molecule has 6 heteroatoms. The number of amides is 1. The van der Waals surface area contributed by atoms with E-state index in [-0.39, 0.29) is 30.1 Å². The van der Waals surface area contributed by atoms with E-state index in [2.05, 4.69) is 24.1 Å². The van der Waals surface area contributed by atoms with Crippen LogP contribution in [0, 0.1) is 19.8 Å². The molecule has 1 aromatic heterocycles. The number of halogens is 1. The van der Waals surface area contributed by atoms with E-state index in [0.29, 0.717) is 24.0 Å². The van der Waals surface area contributed by atoms with E-state index in [1.165, 1.54) is 0 Å². The van der Waals surface area contributed by atoms with E-state index in [1.807, 2.05) is 0 Å². The number of hydrogen-bond acceptors (Lipinski definition) is 4. The Morgan fingerprint density at radius 3 is 2.44 bits per heavy atom. The number of rotatable bonds is 5. The molecule has 18 heavy (non-hydrogen) atoms. The summed E-state index contributed by atoms with van der Waals surface area (Å²) in [6.45, 7) is 8.09. The molecule has 0 fully saturated rings. The molecule has 1 heterocycles. The molecule has 0 saturated carbocycles. The predicted molar refractivity (Wildman–Crippen MR) is 73.0 cm³/mol. The Morgan fingerprint density at radius 2 is 2.06 bits per heavy atom. The number of nitrogens with zero attached hydrogens (tertiary/aromatic N) is 1. The second-order valence-electron chi connectivity index (χ2n) is 4.68. The first-order valence-corrected chi connectivity index (χ1v) is 5.89. The van der Waals surface area contributed by atoms with E-state index in [9.17, 15) is 4.79 Å². The lowest BCUT2D eigenvalue weighted by molar-refractivity contribution is 0.0903. The monoisotopic (exact) mass is 275 g/mol. The zero-order valence-corrected chi connectivity index (χ0v) is 12.1. The summed E-state index contributed by atoms with van der Waals surface area (Å²) in [6, 6.07) is -0.0210. The lowest BCUT2D eigenvalue weighted by atomic mass is 10.0. The van der Waals surface area contributed by atoms with Crippen molar-refractivity contribution in [3.63, 3.8) is 0 Å². The van der Waals surface area contributed by atoms with Crippen molar-refractivity contribution in [2.75, 3.05) is 6.54 Å². The van der Waals surface area contributed by atoms with Crippen LogP contribution in [0.5, 0.6) is 0 Å². The number of carbonyl (C=O) groups excluding carboxylic acids is 1. The molecule has 3 N–H and O–H groups in total. The summed E-state index contributed by atoms with van der Waals surface area (Å²) >= 11 is 0. The fraction of sp³-hybridized carbons (Fsp3) is 0.667. The van der Waals surface area contributed by atoms with Gasteiger partial charge in [0.25, 0.3) is 5.91 Å². The summed E-state index contributed by atoms with van der Waals surface area (Å²) in [5, 5.41) is 2.87. The zero-order valence-electron chi connectivity index (χ0n) is 11.3. The van der Waals surface area contributed by atoms with Gasteiger partial charge in [-0.1, -0.05) is 13.8 Å². The van der Waals surface area contributed by atoms with Crippen LogP contribution in [-0.2, 0) is 0 Å². The largest absolute Gasteiger partial charge is 0.436 e. The first kappa shape index (κ1) is 16.9. The van der Waals surface area contributed by atoms with Crippen LogP contribution in [0.1, 0.15) is 42.4 Å². The van der Waals surface area contributed by atoms with Crippen molar-refractivity contribution in [3.05, 3.63) is 17.3 Å². The average Bonchev–Trinajstić information content (AvgIpc) is 2.56. The molecule has 0 aliphatic carbocycles. The van der Waals surface area contributed by atoms with Gasteiger partial charge in [-0.15, -0.1) is 12.4 Å². The molecule has 0 spiro atoms. The van der Waals surface area contributed by atoms with Crippen molar-refractivity contribution in [2.45, 2.75) is 40.2 Å². The second kappa shape index (κ2) is 7.38. The van der Waals surface area contributed by atoms with Crippen LogP contribution < -0.4 is 11.1 Å². The van der Waals surface area contributed by atoms with Crippen LogP contribution >= 0.6 is 12.4 Å². The summed E-state index contributed by atoms with van der Waals surface area (Å²) in [6.07, 6.45) is 0.856. The van der Waals surface area contributed by atoms with E-state index < -0.39 is 0 Å². The molecule has 0 radical (unpaired) electrons. The third-order valence-corrected chi connectivity index (χ3v) is 2.49. The van der Waals surface area contributed by atoms with Gasteiger partial charge in [-0.2, -0.15) is 0 Å². The maximum atomic E-state index is 11.9. The van der Waals surface area contributed by atoms with Gasteiger partial charge in [-0.25, -0.2) is 4.98 Å². The lowest BCUT2D eigenvalue weighted by Crippen LogP contribution is -2.41. The molecule has 5 nitrogen and oxygen atoms in total. The highest BCUT2D eigenvalue weighted by atomic mass is 35.5. The molecule has 0 aliphatic heterocycles. The van der Waals surface area contributed by atoms with Gasteiger partial charge in [0.05, 0.1) is 5.69 Å². The standard InChI is InChI=1S/C12H21N3O2.ClH/c1-7(2)5-10(6-13)15-12(16)11-8(3)14-9(4)17-11;/h7,10H,5-6,13H2,1-4H3,(H,15,16);1H. The molecule has 1 aromatic rings. The van der Waals surface area contributed by atoms with Gasteiger partial charge in [0.1, 0.15) is 0 Å². The summed E-state index contributed by atoms with van der Waals surface area (Å²) < 4.78 is 5.26. The van der Waals surface area contributed by atoms with Gasteiger partial charge < -0.3 is 15.5 Å². The number of hydrogen-bond donors (Lipinski definition) is 2. The number of oxazole rings is 1. The van der Waals surface area contributed by atoms with E-state index in [4.69, 9.17) is 10.2 Å². The first-order valence-electron chi connectivity index (χ1n) is 5.89. The van der Waals surface area contributed by atoms with Crippen molar-refractivity contribution in [1.82, 2.24) is 10.3 Å². The summed E-state index contributed by atoms with van der Waals surface area (Å²) in [7, 11) is 0. The molecule has 104 valence electrons. The van der Waals surface area contributed by atoms with Gasteiger partial charge in [0.15, 0.2) is 5.89 Å². The zero-order chi connectivity index (χ0) is 13.0. The van der Waals surface area contributed by atoms with Crippen LogP contribution in [-0.4, -0.2) is 23.5 Å². The highest BCUT2D eigenvalue weighted by Gasteiger charge is 2.19. The predicted octanol–water partition coefficient (Wildman–Crippen LogP) is 1.82. The fourth-order valence-electron chi connectivity index (χ4n) is 1.78. The molecule has 0 saturated heterocycles. The molecular formula is C12H22ClN3O2. The Kier molecular flexibility index (Phi) is 6.94. The van der Waals surface area contributed by atoms with Crippen molar-refractivity contribution in [2.24, 2.45) is 11.7 Å². The van der Waals surface area contributed by atoms with E-state index in [0.717, 1.165) is 6.42 Å². The molecule has 1 amide bonds. The highest BCUT2D eigenvalue weighted by Crippen LogP contribution is 2.10. The molecule has 1 unspecified atom stereocenters. The van der Waals surface area contributed by atoms with Crippen LogP contribution in [0.2, 0.25) is 0 Å². The van der Waals surface area contributed by atoms with Crippen LogP contribution in [0.25, 0.3) is 0 Å². The summed E-state index contributed by atoms with van der Waals surface area (Å²) in [5.41, 5.74) is 6.24. The van der Waals surface area contributed by atoms with Crippen LogP contribution in [0.4, 0.5) is 0 Å². The Hall–Kier alpha value is -1.07. The third kappa shape index (κ3) is 4.66. The van der Waals surface area contributed by atoms with Gasteiger partial charge in [-0.3, -0.25) is 4.79 Å². The summed E-state index contributed by atoms with van der Waals surface area (Å²) in [5.74, 6) is 1.03. The number of nitrogens with two attached hydrogens (primary N) is 1. The first-order chi connectivity index (χ1) is 7.93. The van der Waals surface area contributed by atoms with Gasteiger partial charge in [-0.05, 0) is 19.3 Å². The summed E-state index contributed by atoms with van der Waals surface area (Å²) in [4.78, 5) is 16.0. The second-order valence-corrected chi connectivity index (χ2v) is 4.68.